The number of rotatable bonds is 5. The lowest BCUT2D eigenvalue weighted by Gasteiger charge is -2.30. The Kier molecular flexibility index (Phi) is 5.22. The Balaban J connectivity index is 1.57. The van der Waals surface area contributed by atoms with Crippen molar-refractivity contribution in [2.75, 3.05) is 24.7 Å². The largest absolute Gasteiger partial charge is 0.464 e. The Morgan fingerprint density at radius 2 is 2.07 bits per heavy atom. The quantitative estimate of drug-likeness (QED) is 0.764. The highest BCUT2D eigenvalue weighted by Gasteiger charge is 2.36. The zero-order chi connectivity index (χ0) is 19.9. The van der Waals surface area contributed by atoms with Crippen molar-refractivity contribution in [1.29, 1.82) is 0 Å². The number of sulfone groups is 1. The molecule has 7 heteroatoms. The molecule has 1 aromatic heterocycles. The minimum absolute atomic E-state index is 0.00163. The molecular formula is C21H27NO5S. The SMILES string of the molecule is Cc1ccc2c(CC(=O)N(C[C@H]3CCCO3)[C@H]3CCS(=O)(=O)C3)coc2c1C. The number of carbonyl (C=O) groups excluding carboxylic acids is 1. The van der Waals surface area contributed by atoms with Crippen LogP contribution in [0.15, 0.2) is 22.8 Å². The van der Waals surface area contributed by atoms with E-state index in [-0.39, 0.29) is 36.0 Å². The number of hydrogen-bond donors (Lipinski definition) is 0. The monoisotopic (exact) mass is 405 g/mol. The van der Waals surface area contributed by atoms with Crippen LogP contribution in [0.3, 0.4) is 0 Å². The van der Waals surface area contributed by atoms with Crippen molar-refractivity contribution < 1.29 is 22.4 Å². The summed E-state index contributed by atoms with van der Waals surface area (Å²) in [5, 5.41) is 0.951. The van der Waals surface area contributed by atoms with Gasteiger partial charge in [-0.2, -0.15) is 0 Å². The molecule has 2 atom stereocenters. The van der Waals surface area contributed by atoms with Crippen molar-refractivity contribution in [3.05, 3.63) is 35.1 Å². The molecule has 6 nitrogen and oxygen atoms in total. The smallest absolute Gasteiger partial charge is 0.227 e. The third-order valence-electron chi connectivity index (χ3n) is 6.08. The molecule has 0 spiro atoms. The predicted molar refractivity (Wildman–Crippen MR) is 107 cm³/mol. The van der Waals surface area contributed by atoms with Crippen LogP contribution in [-0.2, 0) is 25.8 Å². The lowest BCUT2D eigenvalue weighted by Crippen LogP contribution is -2.45. The molecule has 0 N–H and O–H groups in total. The molecule has 4 rings (SSSR count). The van der Waals surface area contributed by atoms with Gasteiger partial charge in [0.25, 0.3) is 0 Å². The first kappa shape index (κ1) is 19.5. The molecule has 1 amide bonds. The number of fused-ring (bicyclic) bond motifs is 1. The number of hydrogen-bond acceptors (Lipinski definition) is 5. The highest BCUT2D eigenvalue weighted by Crippen LogP contribution is 2.28. The van der Waals surface area contributed by atoms with Crippen LogP contribution >= 0.6 is 0 Å². The van der Waals surface area contributed by atoms with Crippen LogP contribution in [0.1, 0.15) is 36.0 Å². The second-order valence-electron chi connectivity index (χ2n) is 8.06. The summed E-state index contributed by atoms with van der Waals surface area (Å²) in [6.07, 6.45) is 4.27. The topological polar surface area (TPSA) is 76.8 Å². The van der Waals surface area contributed by atoms with Crippen LogP contribution in [0.4, 0.5) is 0 Å². The highest BCUT2D eigenvalue weighted by molar-refractivity contribution is 7.91. The number of aryl methyl sites for hydroxylation is 2. The molecule has 1 aromatic carbocycles. The highest BCUT2D eigenvalue weighted by atomic mass is 32.2. The van der Waals surface area contributed by atoms with Gasteiger partial charge in [0.15, 0.2) is 9.84 Å². The average Bonchev–Trinajstić information content (AvgIpc) is 3.37. The van der Waals surface area contributed by atoms with Gasteiger partial charge in [0, 0.05) is 30.1 Å². The van der Waals surface area contributed by atoms with Gasteiger partial charge in [0.2, 0.25) is 5.91 Å². The second kappa shape index (κ2) is 7.52. The molecule has 2 saturated heterocycles. The Bertz CT molecular complexity index is 988. The molecule has 0 aliphatic carbocycles. The van der Waals surface area contributed by atoms with Crippen LogP contribution in [0.25, 0.3) is 11.0 Å². The van der Waals surface area contributed by atoms with Crippen molar-refractivity contribution in [2.24, 2.45) is 0 Å². The summed E-state index contributed by atoms with van der Waals surface area (Å²) in [6.45, 7) is 5.22. The van der Waals surface area contributed by atoms with E-state index >= 15 is 0 Å². The summed E-state index contributed by atoms with van der Waals surface area (Å²) in [6, 6.07) is 3.77. The Labute approximate surface area is 165 Å². The fraction of sp³-hybridized carbons (Fsp3) is 0.571. The maximum atomic E-state index is 13.2. The van der Waals surface area contributed by atoms with Crippen molar-refractivity contribution in [1.82, 2.24) is 4.90 Å². The van der Waals surface area contributed by atoms with Crippen LogP contribution in [0, 0.1) is 13.8 Å². The van der Waals surface area contributed by atoms with Gasteiger partial charge < -0.3 is 14.1 Å². The van der Waals surface area contributed by atoms with Crippen molar-refractivity contribution >= 4 is 26.7 Å². The van der Waals surface area contributed by atoms with Gasteiger partial charge in [-0.25, -0.2) is 8.42 Å². The van der Waals surface area contributed by atoms with E-state index in [0.717, 1.165) is 40.5 Å². The fourth-order valence-corrected chi connectivity index (χ4v) is 6.00. The molecular weight excluding hydrogens is 378 g/mol. The first-order valence-corrected chi connectivity index (χ1v) is 11.7. The third-order valence-corrected chi connectivity index (χ3v) is 7.83. The second-order valence-corrected chi connectivity index (χ2v) is 10.3. The third kappa shape index (κ3) is 3.82. The van der Waals surface area contributed by atoms with Gasteiger partial charge in [0.05, 0.1) is 30.3 Å². The van der Waals surface area contributed by atoms with Gasteiger partial charge in [-0.3, -0.25) is 4.79 Å². The number of ether oxygens (including phenoxy) is 1. The normalized spacial score (nSPS) is 24.1. The van der Waals surface area contributed by atoms with Gasteiger partial charge in [-0.05, 0) is 44.2 Å². The molecule has 2 fully saturated rings. The molecule has 152 valence electrons. The van der Waals surface area contributed by atoms with Gasteiger partial charge >= 0.3 is 0 Å². The van der Waals surface area contributed by atoms with E-state index in [9.17, 15) is 13.2 Å². The van der Waals surface area contributed by atoms with E-state index in [0.29, 0.717) is 19.6 Å². The van der Waals surface area contributed by atoms with Crippen LogP contribution in [0.5, 0.6) is 0 Å². The molecule has 3 heterocycles. The zero-order valence-electron chi connectivity index (χ0n) is 16.4. The van der Waals surface area contributed by atoms with Crippen LogP contribution in [-0.4, -0.2) is 56.0 Å². The summed E-state index contributed by atoms with van der Waals surface area (Å²) >= 11 is 0. The Morgan fingerprint density at radius 1 is 1.25 bits per heavy atom. The number of nitrogens with zero attached hydrogens (tertiary/aromatic N) is 1. The molecule has 28 heavy (non-hydrogen) atoms. The maximum Gasteiger partial charge on any atom is 0.227 e. The Hall–Kier alpha value is -1.86. The summed E-state index contributed by atoms with van der Waals surface area (Å²) in [7, 11) is -3.07. The standard InChI is InChI=1S/C21H27NO5S/c1-14-5-6-19-16(12-27-21(19)15(14)2)10-20(23)22(11-18-4-3-8-26-18)17-7-9-28(24,25)13-17/h5-6,12,17-18H,3-4,7-11,13H2,1-2H3/t17-,18+/m0/s1. The van der Waals surface area contributed by atoms with E-state index in [4.69, 9.17) is 9.15 Å². The zero-order valence-corrected chi connectivity index (χ0v) is 17.3. The summed E-state index contributed by atoms with van der Waals surface area (Å²) < 4.78 is 35.4. The van der Waals surface area contributed by atoms with E-state index in [2.05, 4.69) is 0 Å². The summed E-state index contributed by atoms with van der Waals surface area (Å²) in [5.74, 6) is 0.147. The van der Waals surface area contributed by atoms with Crippen LogP contribution in [0.2, 0.25) is 0 Å². The number of carbonyl (C=O) groups is 1. The minimum atomic E-state index is -3.07. The predicted octanol–water partition coefficient (Wildman–Crippen LogP) is 2.79. The lowest BCUT2D eigenvalue weighted by molar-refractivity contribution is -0.134. The first-order chi connectivity index (χ1) is 13.3. The molecule has 0 bridgehead atoms. The van der Waals surface area contributed by atoms with Crippen molar-refractivity contribution in [3.63, 3.8) is 0 Å². The molecule has 0 saturated carbocycles. The number of amides is 1. The average molecular weight is 406 g/mol. The van der Waals surface area contributed by atoms with Crippen LogP contribution < -0.4 is 0 Å². The Morgan fingerprint density at radius 3 is 2.75 bits per heavy atom. The molecule has 0 radical (unpaired) electrons. The van der Waals surface area contributed by atoms with Crippen molar-refractivity contribution in [2.45, 2.75) is 51.7 Å². The van der Waals surface area contributed by atoms with Gasteiger partial charge in [0.1, 0.15) is 5.58 Å². The summed E-state index contributed by atoms with van der Waals surface area (Å²) in [4.78, 5) is 15.0. The molecule has 0 unspecified atom stereocenters. The van der Waals surface area contributed by atoms with Crippen molar-refractivity contribution in [3.8, 4) is 0 Å². The van der Waals surface area contributed by atoms with E-state index in [1.807, 2.05) is 26.0 Å². The first-order valence-electron chi connectivity index (χ1n) is 9.92. The van der Waals surface area contributed by atoms with Gasteiger partial charge in [-0.15, -0.1) is 0 Å². The number of furan rings is 1. The van der Waals surface area contributed by atoms with Gasteiger partial charge in [-0.1, -0.05) is 12.1 Å². The van der Waals surface area contributed by atoms with E-state index in [1.165, 1.54) is 0 Å². The van der Waals surface area contributed by atoms with E-state index < -0.39 is 9.84 Å². The maximum absolute atomic E-state index is 13.2. The molecule has 2 aromatic rings. The molecule has 2 aliphatic heterocycles. The fourth-order valence-electron chi connectivity index (χ4n) is 4.27. The molecule has 2 aliphatic rings. The summed E-state index contributed by atoms with van der Waals surface area (Å²) in [5.41, 5.74) is 3.89. The minimum Gasteiger partial charge on any atom is -0.464 e. The van der Waals surface area contributed by atoms with E-state index in [1.54, 1.807) is 11.2 Å². The lowest BCUT2D eigenvalue weighted by atomic mass is 10.0. The number of benzene rings is 1.